The minimum Gasteiger partial charge on any atom is -0.317 e. The van der Waals surface area contributed by atoms with Crippen molar-refractivity contribution in [1.29, 1.82) is 0 Å². The van der Waals surface area contributed by atoms with Crippen molar-refractivity contribution in [3.8, 4) is 0 Å². The first-order chi connectivity index (χ1) is 8.83. The van der Waals surface area contributed by atoms with Crippen molar-refractivity contribution in [1.82, 2.24) is 5.32 Å². The Morgan fingerprint density at radius 2 is 1.50 bits per heavy atom. The Morgan fingerprint density at radius 1 is 0.944 bits per heavy atom. The van der Waals surface area contributed by atoms with E-state index in [0.29, 0.717) is 0 Å². The van der Waals surface area contributed by atoms with E-state index in [4.69, 9.17) is 0 Å². The summed E-state index contributed by atoms with van der Waals surface area (Å²) >= 11 is 0. The minimum atomic E-state index is 0.790. The van der Waals surface area contributed by atoms with Crippen LogP contribution in [0.3, 0.4) is 0 Å². The molecule has 0 aliphatic carbocycles. The first-order valence-electron chi connectivity index (χ1n) is 7.67. The molecule has 1 aromatic carbocycles. The predicted octanol–water partition coefficient (Wildman–Crippen LogP) is 4.06. The Hall–Kier alpha value is -0.820. The first kappa shape index (κ1) is 13.6. The van der Waals surface area contributed by atoms with Gasteiger partial charge in [0.1, 0.15) is 0 Å². The zero-order valence-electron chi connectivity index (χ0n) is 12.0. The molecule has 1 aromatic rings. The van der Waals surface area contributed by atoms with Crippen molar-refractivity contribution in [2.45, 2.75) is 58.3 Å². The highest BCUT2D eigenvalue weighted by atomic mass is 14.9. The largest absolute Gasteiger partial charge is 0.317 e. The van der Waals surface area contributed by atoms with Gasteiger partial charge >= 0.3 is 0 Å². The van der Waals surface area contributed by atoms with Gasteiger partial charge in [-0.15, -0.1) is 0 Å². The summed E-state index contributed by atoms with van der Waals surface area (Å²) in [7, 11) is 0. The lowest BCUT2D eigenvalue weighted by molar-refractivity contribution is 0.460. The lowest BCUT2D eigenvalue weighted by Crippen LogP contribution is -2.26. The highest BCUT2D eigenvalue weighted by molar-refractivity contribution is 5.33. The molecule has 1 nitrogen and oxygen atoms in total. The topological polar surface area (TPSA) is 12.0 Å². The quantitative estimate of drug-likeness (QED) is 0.825. The van der Waals surface area contributed by atoms with E-state index in [2.05, 4.69) is 37.4 Å². The Kier molecular flexibility index (Phi) is 5.25. The Morgan fingerprint density at radius 3 is 2.00 bits per heavy atom. The van der Waals surface area contributed by atoms with Gasteiger partial charge in [0, 0.05) is 0 Å². The van der Waals surface area contributed by atoms with Crippen LogP contribution in [0.1, 0.15) is 62.1 Å². The molecule has 1 heteroatoms. The van der Waals surface area contributed by atoms with E-state index in [1.165, 1.54) is 51.6 Å². The highest BCUT2D eigenvalue weighted by Gasteiger charge is 2.16. The number of rotatable bonds is 5. The van der Waals surface area contributed by atoms with E-state index in [-0.39, 0.29) is 0 Å². The molecular weight excluding hydrogens is 218 g/mol. The monoisotopic (exact) mass is 245 g/mol. The molecule has 1 aliphatic heterocycles. The van der Waals surface area contributed by atoms with E-state index in [9.17, 15) is 0 Å². The molecule has 100 valence electrons. The molecular formula is C17H27N. The fourth-order valence-corrected chi connectivity index (χ4v) is 3.05. The van der Waals surface area contributed by atoms with Gasteiger partial charge in [-0.3, -0.25) is 0 Å². The van der Waals surface area contributed by atoms with E-state index in [0.717, 1.165) is 5.92 Å². The fraction of sp³-hybridized carbons (Fsp3) is 0.647. The van der Waals surface area contributed by atoms with Crippen molar-refractivity contribution in [2.24, 2.45) is 0 Å². The van der Waals surface area contributed by atoms with Crippen molar-refractivity contribution in [3.05, 3.63) is 34.9 Å². The smallest absolute Gasteiger partial charge is 0.00431 e. The van der Waals surface area contributed by atoms with E-state index in [1.807, 2.05) is 0 Å². The molecule has 2 rings (SSSR count). The van der Waals surface area contributed by atoms with Crippen LogP contribution in [0.5, 0.6) is 0 Å². The average Bonchev–Trinajstić information content (AvgIpc) is 2.40. The maximum atomic E-state index is 3.46. The summed E-state index contributed by atoms with van der Waals surface area (Å²) in [5, 5.41) is 3.46. The van der Waals surface area contributed by atoms with Gasteiger partial charge in [-0.25, -0.2) is 0 Å². The van der Waals surface area contributed by atoms with Crippen LogP contribution in [-0.2, 0) is 12.8 Å². The normalized spacial score (nSPS) is 17.0. The van der Waals surface area contributed by atoms with E-state index in [1.54, 1.807) is 16.7 Å². The second-order valence-corrected chi connectivity index (χ2v) is 5.61. The lowest BCUT2D eigenvalue weighted by Gasteiger charge is -2.24. The molecule has 0 bridgehead atoms. The van der Waals surface area contributed by atoms with Gasteiger partial charge < -0.3 is 5.32 Å². The predicted molar refractivity (Wildman–Crippen MR) is 79.3 cm³/mol. The molecule has 0 unspecified atom stereocenters. The molecule has 1 aliphatic rings. The summed E-state index contributed by atoms with van der Waals surface area (Å²) in [6.07, 6.45) is 7.58. The fourth-order valence-electron chi connectivity index (χ4n) is 3.05. The van der Waals surface area contributed by atoms with Crippen LogP contribution >= 0.6 is 0 Å². The molecule has 0 aromatic heterocycles. The molecule has 18 heavy (non-hydrogen) atoms. The number of piperidine rings is 1. The number of hydrogen-bond donors (Lipinski definition) is 1. The van der Waals surface area contributed by atoms with Crippen molar-refractivity contribution >= 4 is 0 Å². The first-order valence-corrected chi connectivity index (χ1v) is 7.67. The summed E-state index contributed by atoms with van der Waals surface area (Å²) in [5.41, 5.74) is 4.71. The van der Waals surface area contributed by atoms with Gasteiger partial charge in [0.05, 0.1) is 0 Å². The summed E-state index contributed by atoms with van der Waals surface area (Å²) in [5.74, 6) is 0.790. The van der Waals surface area contributed by atoms with Crippen LogP contribution in [0.2, 0.25) is 0 Å². The molecule has 0 saturated carbocycles. The summed E-state index contributed by atoms with van der Waals surface area (Å²) < 4.78 is 0. The zero-order valence-corrected chi connectivity index (χ0v) is 12.0. The van der Waals surface area contributed by atoms with Gasteiger partial charge in [0.2, 0.25) is 0 Å². The maximum Gasteiger partial charge on any atom is -0.00431 e. The van der Waals surface area contributed by atoms with Crippen LogP contribution in [0, 0.1) is 0 Å². The number of hydrogen-bond acceptors (Lipinski definition) is 1. The van der Waals surface area contributed by atoms with Crippen LogP contribution < -0.4 is 5.32 Å². The molecule has 1 saturated heterocycles. The number of aryl methyl sites for hydroxylation is 2. The SMILES string of the molecule is CCCc1cc(CCC)cc(C2CCNCC2)c1. The molecule has 0 atom stereocenters. The second-order valence-electron chi connectivity index (χ2n) is 5.61. The average molecular weight is 245 g/mol. The van der Waals surface area contributed by atoms with Crippen LogP contribution in [0.4, 0.5) is 0 Å². The van der Waals surface area contributed by atoms with Crippen molar-refractivity contribution < 1.29 is 0 Å². The summed E-state index contributed by atoms with van der Waals surface area (Å²) in [6.45, 7) is 6.92. The Bertz CT molecular complexity index is 340. The number of benzene rings is 1. The third kappa shape index (κ3) is 3.58. The van der Waals surface area contributed by atoms with Gasteiger partial charge in [-0.2, -0.15) is 0 Å². The standard InChI is InChI=1S/C17H27N/c1-3-5-14-11-15(6-4-2)13-17(12-14)16-7-9-18-10-8-16/h11-13,16,18H,3-10H2,1-2H3. The molecule has 1 N–H and O–H groups in total. The van der Waals surface area contributed by atoms with E-state index < -0.39 is 0 Å². The van der Waals surface area contributed by atoms with Gasteiger partial charge in [0.15, 0.2) is 0 Å². The number of nitrogens with one attached hydrogen (secondary N) is 1. The summed E-state index contributed by atoms with van der Waals surface area (Å²) in [4.78, 5) is 0. The minimum absolute atomic E-state index is 0.790. The van der Waals surface area contributed by atoms with Crippen LogP contribution in [0.15, 0.2) is 18.2 Å². The van der Waals surface area contributed by atoms with E-state index >= 15 is 0 Å². The second kappa shape index (κ2) is 6.94. The molecule has 1 heterocycles. The van der Waals surface area contributed by atoms with Crippen molar-refractivity contribution in [2.75, 3.05) is 13.1 Å². The Labute approximate surface area is 112 Å². The lowest BCUT2D eigenvalue weighted by atomic mass is 9.87. The molecule has 0 spiro atoms. The van der Waals surface area contributed by atoms with Gasteiger partial charge in [-0.05, 0) is 61.4 Å². The third-order valence-electron chi connectivity index (χ3n) is 3.96. The highest BCUT2D eigenvalue weighted by Crippen LogP contribution is 2.27. The third-order valence-corrected chi connectivity index (χ3v) is 3.96. The Balaban J connectivity index is 2.20. The molecule has 0 amide bonds. The van der Waals surface area contributed by atoms with Crippen LogP contribution in [-0.4, -0.2) is 13.1 Å². The van der Waals surface area contributed by atoms with Gasteiger partial charge in [-0.1, -0.05) is 44.9 Å². The van der Waals surface area contributed by atoms with Crippen molar-refractivity contribution in [3.63, 3.8) is 0 Å². The molecule has 0 radical (unpaired) electrons. The van der Waals surface area contributed by atoms with Gasteiger partial charge in [0.25, 0.3) is 0 Å². The zero-order chi connectivity index (χ0) is 12.8. The van der Waals surface area contributed by atoms with Crippen LogP contribution in [0.25, 0.3) is 0 Å². The molecule has 1 fully saturated rings. The summed E-state index contributed by atoms with van der Waals surface area (Å²) in [6, 6.07) is 7.37. The maximum absolute atomic E-state index is 3.46.